The fourth-order valence-corrected chi connectivity index (χ4v) is 4.91. The van der Waals surface area contributed by atoms with Crippen LogP contribution in [0.2, 0.25) is 0 Å². The van der Waals surface area contributed by atoms with Crippen molar-refractivity contribution in [3.05, 3.63) is 108 Å². The number of H-pyrrole nitrogens is 1. The summed E-state index contributed by atoms with van der Waals surface area (Å²) in [5.41, 5.74) is 1.77. The highest BCUT2D eigenvalue weighted by molar-refractivity contribution is 7.91. The number of nitrogens with zero attached hydrogens (tertiary/aromatic N) is 2. The van der Waals surface area contributed by atoms with Crippen molar-refractivity contribution in [2.24, 2.45) is 0 Å². The average Bonchev–Trinajstić information content (AvgIpc) is 3.36. The van der Waals surface area contributed by atoms with Crippen molar-refractivity contribution < 1.29 is 17.9 Å². The Hall–Kier alpha value is -4.50. The van der Waals surface area contributed by atoms with Gasteiger partial charge in [-0.25, -0.2) is 13.4 Å². The molecule has 5 rings (SSSR count). The lowest BCUT2D eigenvalue weighted by atomic mass is 10.2. The van der Waals surface area contributed by atoms with E-state index in [4.69, 9.17) is 4.74 Å². The number of ether oxygens (including phenoxy) is 1. The Bertz CT molecular complexity index is 1600. The predicted molar refractivity (Wildman–Crippen MR) is 130 cm³/mol. The van der Waals surface area contributed by atoms with E-state index < -0.39 is 9.84 Å². The Morgan fingerprint density at radius 1 is 0.914 bits per heavy atom. The number of aromatic nitrogens is 3. The van der Waals surface area contributed by atoms with Gasteiger partial charge in [-0.05, 0) is 48.0 Å². The van der Waals surface area contributed by atoms with Gasteiger partial charge < -0.3 is 10.1 Å². The molecule has 3 aromatic carbocycles. The second-order valence-electron chi connectivity index (χ2n) is 7.72. The lowest BCUT2D eigenvalue weighted by Gasteiger charge is -2.12. The van der Waals surface area contributed by atoms with Gasteiger partial charge in [0.2, 0.25) is 9.84 Å². The number of hydrogen-bond acceptors (Lipinski definition) is 6. The van der Waals surface area contributed by atoms with Crippen LogP contribution in [0.15, 0.2) is 107 Å². The van der Waals surface area contributed by atoms with Gasteiger partial charge in [0, 0.05) is 18.1 Å². The number of rotatable bonds is 7. The van der Waals surface area contributed by atoms with Crippen molar-refractivity contribution in [1.82, 2.24) is 20.5 Å². The van der Waals surface area contributed by atoms with E-state index in [1.165, 1.54) is 24.4 Å². The molecule has 0 spiro atoms. The van der Waals surface area contributed by atoms with E-state index in [0.717, 1.165) is 10.9 Å². The Kier molecular flexibility index (Phi) is 5.99. The average molecular weight is 485 g/mol. The summed E-state index contributed by atoms with van der Waals surface area (Å²) in [5, 5.41) is 10.2. The van der Waals surface area contributed by atoms with E-state index in [1.807, 2.05) is 18.2 Å². The number of para-hydroxylation sites is 2. The SMILES string of the molecule is O=C(NCc1ccc(S(=O)(=O)c2ccccc2Oc2ccccc2)cc1)c1cnc2[nH]ncc2c1. The van der Waals surface area contributed by atoms with E-state index in [9.17, 15) is 13.2 Å². The molecule has 35 heavy (non-hydrogen) atoms. The van der Waals surface area contributed by atoms with Crippen LogP contribution < -0.4 is 10.1 Å². The minimum atomic E-state index is -3.83. The molecular formula is C26H20N4O4S. The third-order valence-corrected chi connectivity index (χ3v) is 7.16. The van der Waals surface area contributed by atoms with Crippen molar-refractivity contribution in [3.8, 4) is 11.5 Å². The van der Waals surface area contributed by atoms with E-state index in [2.05, 4.69) is 20.5 Å². The molecule has 2 N–H and O–H groups in total. The van der Waals surface area contributed by atoms with E-state index in [1.54, 1.807) is 54.7 Å². The molecule has 0 radical (unpaired) electrons. The van der Waals surface area contributed by atoms with Crippen LogP contribution >= 0.6 is 0 Å². The minimum absolute atomic E-state index is 0.0760. The fraction of sp³-hybridized carbons (Fsp3) is 0.0385. The number of pyridine rings is 1. The highest BCUT2D eigenvalue weighted by Gasteiger charge is 2.22. The monoisotopic (exact) mass is 484 g/mol. The van der Waals surface area contributed by atoms with Crippen molar-refractivity contribution in [2.45, 2.75) is 16.3 Å². The number of benzene rings is 3. The molecule has 0 bridgehead atoms. The number of hydrogen-bond donors (Lipinski definition) is 2. The van der Waals surface area contributed by atoms with Crippen LogP contribution in [0, 0.1) is 0 Å². The zero-order valence-electron chi connectivity index (χ0n) is 18.4. The molecule has 0 unspecified atom stereocenters. The van der Waals surface area contributed by atoms with Crippen LogP contribution in [-0.2, 0) is 16.4 Å². The van der Waals surface area contributed by atoms with Crippen LogP contribution in [0.3, 0.4) is 0 Å². The maximum absolute atomic E-state index is 13.3. The summed E-state index contributed by atoms with van der Waals surface area (Å²) in [6, 6.07) is 23.6. The van der Waals surface area contributed by atoms with Crippen molar-refractivity contribution in [3.63, 3.8) is 0 Å². The normalized spacial score (nSPS) is 11.3. The highest BCUT2D eigenvalue weighted by Crippen LogP contribution is 2.32. The number of carbonyl (C=O) groups excluding carboxylic acids is 1. The van der Waals surface area contributed by atoms with Gasteiger partial charge in [-0.2, -0.15) is 5.10 Å². The molecule has 2 aromatic heterocycles. The number of carbonyl (C=O) groups is 1. The zero-order valence-corrected chi connectivity index (χ0v) is 19.2. The summed E-state index contributed by atoms with van der Waals surface area (Å²) in [4.78, 5) is 16.9. The van der Waals surface area contributed by atoms with Crippen LogP contribution in [-0.4, -0.2) is 29.5 Å². The number of fused-ring (bicyclic) bond motifs is 1. The summed E-state index contributed by atoms with van der Waals surface area (Å²) < 4.78 is 32.5. The summed E-state index contributed by atoms with van der Waals surface area (Å²) in [5.74, 6) is 0.505. The number of sulfone groups is 1. The van der Waals surface area contributed by atoms with Gasteiger partial charge in [0.1, 0.15) is 16.4 Å². The van der Waals surface area contributed by atoms with Gasteiger partial charge in [0.05, 0.1) is 16.7 Å². The molecule has 0 saturated heterocycles. The summed E-state index contributed by atoms with van der Waals surface area (Å²) in [7, 11) is -3.83. The molecule has 9 heteroatoms. The first-order valence-electron chi connectivity index (χ1n) is 10.7. The van der Waals surface area contributed by atoms with Crippen molar-refractivity contribution in [2.75, 3.05) is 0 Å². The Morgan fingerprint density at radius 3 is 2.46 bits per heavy atom. The predicted octanol–water partition coefficient (Wildman–Crippen LogP) is 4.51. The lowest BCUT2D eigenvalue weighted by Crippen LogP contribution is -2.22. The topological polar surface area (TPSA) is 114 Å². The van der Waals surface area contributed by atoms with Crippen LogP contribution in [0.25, 0.3) is 11.0 Å². The standard InChI is InChI=1S/C26H20N4O4S/c31-26(20-14-19-17-29-30-25(19)27-16-20)28-15-18-10-12-22(13-11-18)35(32,33)24-9-5-4-8-23(24)34-21-6-2-1-3-7-21/h1-14,16-17H,15H2,(H,28,31)(H,27,29,30). The van der Waals surface area contributed by atoms with Crippen LogP contribution in [0.1, 0.15) is 15.9 Å². The molecule has 0 aliphatic rings. The molecule has 0 atom stereocenters. The second kappa shape index (κ2) is 9.40. The fourth-order valence-electron chi connectivity index (χ4n) is 3.53. The van der Waals surface area contributed by atoms with Crippen molar-refractivity contribution in [1.29, 1.82) is 0 Å². The Labute approximate surface area is 201 Å². The molecule has 0 aliphatic heterocycles. The summed E-state index contributed by atoms with van der Waals surface area (Å²) in [6.07, 6.45) is 3.07. The molecule has 174 valence electrons. The number of amides is 1. The smallest absolute Gasteiger partial charge is 0.253 e. The van der Waals surface area contributed by atoms with Gasteiger partial charge in [-0.15, -0.1) is 0 Å². The Morgan fingerprint density at radius 2 is 1.66 bits per heavy atom. The van der Waals surface area contributed by atoms with E-state index >= 15 is 0 Å². The molecule has 5 aromatic rings. The summed E-state index contributed by atoms with van der Waals surface area (Å²) in [6.45, 7) is 0.232. The lowest BCUT2D eigenvalue weighted by molar-refractivity contribution is 0.0950. The number of nitrogens with one attached hydrogen (secondary N) is 2. The highest BCUT2D eigenvalue weighted by atomic mass is 32.2. The summed E-state index contributed by atoms with van der Waals surface area (Å²) >= 11 is 0. The first kappa shape index (κ1) is 22.3. The maximum Gasteiger partial charge on any atom is 0.253 e. The van der Waals surface area contributed by atoms with Gasteiger partial charge in [0.15, 0.2) is 5.65 Å². The molecule has 0 aliphatic carbocycles. The zero-order chi connectivity index (χ0) is 24.3. The maximum atomic E-state index is 13.3. The van der Waals surface area contributed by atoms with Crippen molar-refractivity contribution >= 4 is 26.8 Å². The van der Waals surface area contributed by atoms with E-state index in [0.29, 0.717) is 17.0 Å². The first-order valence-corrected chi connectivity index (χ1v) is 12.2. The van der Waals surface area contributed by atoms with E-state index in [-0.39, 0.29) is 28.0 Å². The van der Waals surface area contributed by atoms with Gasteiger partial charge >= 0.3 is 0 Å². The van der Waals surface area contributed by atoms with Crippen LogP contribution in [0.4, 0.5) is 0 Å². The second-order valence-corrected chi connectivity index (χ2v) is 9.64. The van der Waals surface area contributed by atoms with Gasteiger partial charge in [-0.3, -0.25) is 9.89 Å². The molecular weight excluding hydrogens is 464 g/mol. The quantitative estimate of drug-likeness (QED) is 0.351. The minimum Gasteiger partial charge on any atom is -0.456 e. The molecule has 0 saturated carbocycles. The molecule has 0 fully saturated rings. The Balaban J connectivity index is 1.30. The van der Waals surface area contributed by atoms with Gasteiger partial charge in [-0.1, -0.05) is 42.5 Å². The third kappa shape index (κ3) is 4.75. The largest absolute Gasteiger partial charge is 0.456 e. The molecule has 8 nitrogen and oxygen atoms in total. The van der Waals surface area contributed by atoms with Gasteiger partial charge in [0.25, 0.3) is 5.91 Å². The molecule has 1 amide bonds. The van der Waals surface area contributed by atoms with Crippen LogP contribution in [0.5, 0.6) is 11.5 Å². The first-order chi connectivity index (χ1) is 17.0. The molecule has 2 heterocycles. The number of aromatic amines is 1. The third-order valence-electron chi connectivity index (χ3n) is 5.35.